The van der Waals surface area contributed by atoms with E-state index in [0.29, 0.717) is 10.6 Å². The average molecular weight is 420 g/mol. The Morgan fingerprint density at radius 1 is 1.21 bits per heavy atom. The molecule has 0 amide bonds. The van der Waals surface area contributed by atoms with Crippen LogP contribution in [-0.4, -0.2) is 26.8 Å². The lowest BCUT2D eigenvalue weighted by Gasteiger charge is -2.09. The van der Waals surface area contributed by atoms with E-state index in [4.69, 9.17) is 20.8 Å². The summed E-state index contributed by atoms with van der Waals surface area (Å²) in [7, 11) is 0. The van der Waals surface area contributed by atoms with Gasteiger partial charge in [-0.15, -0.1) is 22.0 Å². The van der Waals surface area contributed by atoms with Crippen LogP contribution in [0, 0.1) is 10.1 Å². The predicted molar refractivity (Wildman–Crippen MR) is 103 cm³/mol. The predicted octanol–water partition coefficient (Wildman–Crippen LogP) is 4.69. The fourth-order valence-corrected chi connectivity index (χ4v) is 3.00. The van der Waals surface area contributed by atoms with Gasteiger partial charge >= 0.3 is 5.97 Å². The molecule has 2 aromatic carbocycles. The molecule has 0 aliphatic rings. The molecule has 3 rings (SSSR count). The monoisotopic (exact) mass is 419 g/mol. The minimum absolute atomic E-state index is 0.0380. The number of nitro benzene ring substituents is 1. The van der Waals surface area contributed by atoms with E-state index in [2.05, 4.69) is 10.2 Å². The number of hydrogen-bond acceptors (Lipinski definition) is 8. The molecule has 0 spiro atoms. The Kier molecular flexibility index (Phi) is 6.27. The molecular formula is C18H14ClN3O5S. The molecule has 0 aliphatic heterocycles. The van der Waals surface area contributed by atoms with Crippen LogP contribution in [0.1, 0.15) is 18.9 Å². The van der Waals surface area contributed by atoms with E-state index in [-0.39, 0.29) is 23.2 Å². The summed E-state index contributed by atoms with van der Waals surface area (Å²) in [5.74, 6) is 0.0130. The van der Waals surface area contributed by atoms with Gasteiger partial charge in [-0.25, -0.2) is 0 Å². The molecule has 10 heteroatoms. The first-order chi connectivity index (χ1) is 13.4. The van der Waals surface area contributed by atoms with Crippen LogP contribution in [-0.2, 0) is 9.53 Å². The molecule has 0 aliphatic carbocycles. The van der Waals surface area contributed by atoms with Gasteiger partial charge in [0.15, 0.2) is 6.10 Å². The first-order valence-corrected chi connectivity index (χ1v) is 9.45. The summed E-state index contributed by atoms with van der Waals surface area (Å²) in [5, 5.41) is 19.1. The van der Waals surface area contributed by atoms with E-state index in [1.807, 2.05) is 12.1 Å². The van der Waals surface area contributed by atoms with Crippen LogP contribution in [0.4, 0.5) is 5.69 Å². The van der Waals surface area contributed by atoms with Crippen LogP contribution < -0.4 is 0 Å². The molecule has 0 radical (unpaired) electrons. The van der Waals surface area contributed by atoms with Gasteiger partial charge in [-0.1, -0.05) is 11.6 Å². The van der Waals surface area contributed by atoms with Crippen molar-refractivity contribution in [2.75, 3.05) is 5.75 Å². The molecule has 1 atom stereocenters. The lowest BCUT2D eigenvalue weighted by molar-refractivity contribution is -0.384. The maximum atomic E-state index is 12.0. The van der Waals surface area contributed by atoms with Crippen molar-refractivity contribution in [1.82, 2.24) is 10.2 Å². The van der Waals surface area contributed by atoms with E-state index >= 15 is 0 Å². The zero-order chi connectivity index (χ0) is 20.1. The summed E-state index contributed by atoms with van der Waals surface area (Å²) < 4.78 is 10.8. The van der Waals surface area contributed by atoms with Crippen LogP contribution in [0.5, 0.6) is 0 Å². The Bertz CT molecular complexity index is 976. The standard InChI is InChI=1S/C18H14ClN3O5S/c1-11(26-16(23)10-28-15-8-4-13(19)5-9-15)17-20-21-18(27-17)12-2-6-14(7-3-12)22(24)25/h2-9,11H,10H2,1H3. The number of non-ortho nitro benzene ring substituents is 1. The molecular weight excluding hydrogens is 406 g/mol. The molecule has 3 aromatic rings. The van der Waals surface area contributed by atoms with Gasteiger partial charge < -0.3 is 9.15 Å². The minimum Gasteiger partial charge on any atom is -0.452 e. The molecule has 0 N–H and O–H groups in total. The number of rotatable bonds is 7. The second-order valence-corrected chi connectivity index (χ2v) is 7.11. The summed E-state index contributed by atoms with van der Waals surface area (Å²) in [6.45, 7) is 1.62. The Hall–Kier alpha value is -2.91. The Labute approximate surface area is 169 Å². The number of carbonyl (C=O) groups is 1. The first kappa shape index (κ1) is 19.8. The van der Waals surface area contributed by atoms with Gasteiger partial charge in [-0.3, -0.25) is 14.9 Å². The topological polar surface area (TPSA) is 108 Å². The molecule has 28 heavy (non-hydrogen) atoms. The number of halogens is 1. The lowest BCUT2D eigenvalue weighted by atomic mass is 10.2. The molecule has 0 fully saturated rings. The zero-order valence-corrected chi connectivity index (χ0v) is 16.1. The van der Waals surface area contributed by atoms with E-state index in [9.17, 15) is 14.9 Å². The zero-order valence-electron chi connectivity index (χ0n) is 14.6. The minimum atomic E-state index is -0.724. The van der Waals surface area contributed by atoms with E-state index in [0.717, 1.165) is 4.90 Å². The molecule has 1 heterocycles. The number of thioether (sulfide) groups is 1. The second kappa shape index (κ2) is 8.85. The van der Waals surface area contributed by atoms with E-state index in [1.165, 1.54) is 36.0 Å². The molecule has 144 valence electrons. The molecule has 8 nitrogen and oxygen atoms in total. The van der Waals surface area contributed by atoms with Crippen molar-refractivity contribution in [2.45, 2.75) is 17.9 Å². The van der Waals surface area contributed by atoms with Crippen molar-refractivity contribution in [2.24, 2.45) is 0 Å². The molecule has 1 aromatic heterocycles. The molecule has 0 saturated carbocycles. The molecule has 0 bridgehead atoms. The Morgan fingerprint density at radius 3 is 2.54 bits per heavy atom. The number of nitrogens with zero attached hydrogens (tertiary/aromatic N) is 3. The van der Waals surface area contributed by atoms with Gasteiger partial charge in [0.05, 0.1) is 10.7 Å². The lowest BCUT2D eigenvalue weighted by Crippen LogP contribution is -2.11. The highest BCUT2D eigenvalue weighted by atomic mass is 35.5. The van der Waals surface area contributed by atoms with Crippen LogP contribution >= 0.6 is 23.4 Å². The first-order valence-electron chi connectivity index (χ1n) is 8.08. The number of benzene rings is 2. The molecule has 1 unspecified atom stereocenters. The van der Waals surface area contributed by atoms with Crippen molar-refractivity contribution in [1.29, 1.82) is 0 Å². The summed E-state index contributed by atoms with van der Waals surface area (Å²) in [6.07, 6.45) is -0.724. The Morgan fingerprint density at radius 2 is 1.89 bits per heavy atom. The molecule has 0 saturated heterocycles. The Balaban J connectivity index is 1.57. The van der Waals surface area contributed by atoms with Crippen LogP contribution in [0.25, 0.3) is 11.5 Å². The van der Waals surface area contributed by atoms with Crippen molar-refractivity contribution in [3.8, 4) is 11.5 Å². The van der Waals surface area contributed by atoms with Crippen molar-refractivity contribution in [3.05, 3.63) is 69.6 Å². The maximum absolute atomic E-state index is 12.0. The van der Waals surface area contributed by atoms with Crippen LogP contribution in [0.15, 0.2) is 57.8 Å². The summed E-state index contributed by atoms with van der Waals surface area (Å²) in [4.78, 5) is 23.1. The number of ether oxygens (including phenoxy) is 1. The third kappa shape index (κ3) is 5.08. The number of hydrogen-bond donors (Lipinski definition) is 0. The largest absolute Gasteiger partial charge is 0.452 e. The normalized spacial score (nSPS) is 11.8. The third-order valence-corrected chi connectivity index (χ3v) is 4.83. The highest BCUT2D eigenvalue weighted by Gasteiger charge is 2.19. The van der Waals surface area contributed by atoms with Crippen molar-refractivity contribution in [3.63, 3.8) is 0 Å². The summed E-state index contributed by atoms with van der Waals surface area (Å²) >= 11 is 7.15. The van der Waals surface area contributed by atoms with Gasteiger partial charge in [-0.2, -0.15) is 0 Å². The highest BCUT2D eigenvalue weighted by Crippen LogP contribution is 2.25. The van der Waals surface area contributed by atoms with E-state index in [1.54, 1.807) is 19.1 Å². The smallest absolute Gasteiger partial charge is 0.317 e. The van der Waals surface area contributed by atoms with Crippen molar-refractivity contribution >= 4 is 35.0 Å². The number of aromatic nitrogens is 2. The average Bonchev–Trinajstić information content (AvgIpc) is 3.18. The number of esters is 1. The quantitative estimate of drug-likeness (QED) is 0.235. The van der Waals surface area contributed by atoms with Gasteiger partial charge in [0.25, 0.3) is 11.6 Å². The highest BCUT2D eigenvalue weighted by molar-refractivity contribution is 8.00. The van der Waals surface area contributed by atoms with Gasteiger partial charge in [0, 0.05) is 27.6 Å². The fraction of sp³-hybridized carbons (Fsp3) is 0.167. The second-order valence-electron chi connectivity index (χ2n) is 5.62. The SMILES string of the molecule is CC(OC(=O)CSc1ccc(Cl)cc1)c1nnc(-c2ccc([N+](=O)[O-])cc2)o1. The fourth-order valence-electron chi connectivity index (χ4n) is 2.20. The number of carbonyl (C=O) groups excluding carboxylic acids is 1. The van der Waals surface area contributed by atoms with Crippen molar-refractivity contribution < 1.29 is 18.9 Å². The summed E-state index contributed by atoms with van der Waals surface area (Å²) in [6, 6.07) is 12.8. The van der Waals surface area contributed by atoms with Crippen LogP contribution in [0.3, 0.4) is 0 Å². The third-order valence-electron chi connectivity index (χ3n) is 3.59. The number of nitro groups is 1. The van der Waals surface area contributed by atoms with Gasteiger partial charge in [0.2, 0.25) is 5.89 Å². The van der Waals surface area contributed by atoms with E-state index < -0.39 is 17.0 Å². The maximum Gasteiger partial charge on any atom is 0.317 e. The van der Waals surface area contributed by atoms with Gasteiger partial charge in [0.1, 0.15) is 0 Å². The van der Waals surface area contributed by atoms with Crippen LogP contribution in [0.2, 0.25) is 5.02 Å². The van der Waals surface area contributed by atoms with Gasteiger partial charge in [-0.05, 0) is 43.3 Å². The summed E-state index contributed by atoms with van der Waals surface area (Å²) in [5.41, 5.74) is 0.491.